The summed E-state index contributed by atoms with van der Waals surface area (Å²) in [5, 5.41) is 10.8. The van der Waals surface area contributed by atoms with Gasteiger partial charge in [0.15, 0.2) is 0 Å². The Morgan fingerprint density at radius 2 is 1.60 bits per heavy atom. The molecule has 2 aromatic carbocycles. The lowest BCUT2D eigenvalue weighted by Crippen LogP contribution is -2.40. The maximum Gasteiger partial charge on any atom is 0.410 e. The van der Waals surface area contributed by atoms with Crippen molar-refractivity contribution in [2.45, 2.75) is 70.9 Å². The van der Waals surface area contributed by atoms with Crippen LogP contribution < -0.4 is 0 Å². The van der Waals surface area contributed by atoms with Gasteiger partial charge in [0.25, 0.3) is 0 Å². The Morgan fingerprint density at radius 3 is 2.23 bits per heavy atom. The summed E-state index contributed by atoms with van der Waals surface area (Å²) in [5.74, 6) is -0.773. The van der Waals surface area contributed by atoms with Gasteiger partial charge in [0.05, 0.1) is 16.8 Å². The van der Waals surface area contributed by atoms with Crippen molar-refractivity contribution in [2.24, 2.45) is 0 Å². The van der Waals surface area contributed by atoms with E-state index in [2.05, 4.69) is 12.1 Å². The Hall–Kier alpha value is -3.81. The van der Waals surface area contributed by atoms with Gasteiger partial charge in [0.1, 0.15) is 12.1 Å². The van der Waals surface area contributed by atoms with Crippen molar-refractivity contribution in [3.05, 3.63) is 59.7 Å². The molecule has 0 radical (unpaired) electrons. The SMILES string of the molecule is CN(CCN(C)C(=O)OC(C)(C)C)C(=O)Cn1c(-c2ccccc2)c(C2CCCCC2)c2ccc(C(=O)O)cc21. The molecule has 8 nitrogen and oxygen atoms in total. The number of fused-ring (bicyclic) bond motifs is 1. The van der Waals surface area contributed by atoms with E-state index in [0.29, 0.717) is 19.0 Å². The summed E-state index contributed by atoms with van der Waals surface area (Å²) in [6.07, 6.45) is 5.25. The minimum atomic E-state index is -0.997. The van der Waals surface area contributed by atoms with Gasteiger partial charge >= 0.3 is 12.1 Å². The van der Waals surface area contributed by atoms with E-state index in [4.69, 9.17) is 4.74 Å². The highest BCUT2D eigenvalue weighted by atomic mass is 16.6. The van der Waals surface area contributed by atoms with Gasteiger partial charge in [-0.3, -0.25) is 4.79 Å². The molecule has 0 bridgehead atoms. The molecule has 1 aliphatic carbocycles. The van der Waals surface area contributed by atoms with E-state index < -0.39 is 17.7 Å². The standard InChI is InChI=1S/C32H41N3O5/c1-32(2,3)40-31(39)34(5)19-18-33(4)27(36)21-35-26-20-24(30(37)38)16-17-25(26)28(22-12-8-6-9-13-22)29(35)23-14-10-7-11-15-23/h7,10-11,14-17,20,22H,6,8-9,12-13,18-19,21H2,1-5H3,(H,37,38). The van der Waals surface area contributed by atoms with Crippen LogP contribution in [-0.4, -0.2) is 70.2 Å². The quantitative estimate of drug-likeness (QED) is 0.353. The van der Waals surface area contributed by atoms with E-state index >= 15 is 0 Å². The molecule has 1 aliphatic rings. The second-order valence-electron chi connectivity index (χ2n) is 11.8. The van der Waals surface area contributed by atoms with E-state index in [1.54, 1.807) is 31.1 Å². The molecule has 1 fully saturated rings. The normalized spacial score (nSPS) is 14.2. The molecule has 4 rings (SSSR count). The third-order valence-electron chi connectivity index (χ3n) is 7.61. The summed E-state index contributed by atoms with van der Waals surface area (Å²) >= 11 is 0. The number of benzene rings is 2. The lowest BCUT2D eigenvalue weighted by atomic mass is 9.82. The number of aromatic carboxylic acids is 1. The number of nitrogens with zero attached hydrogens (tertiary/aromatic N) is 3. The van der Waals surface area contributed by atoms with Gasteiger partial charge in [-0.05, 0) is 62.8 Å². The van der Waals surface area contributed by atoms with E-state index in [0.717, 1.165) is 47.8 Å². The topological polar surface area (TPSA) is 92.1 Å². The lowest BCUT2D eigenvalue weighted by Gasteiger charge is -2.26. The van der Waals surface area contributed by atoms with Crippen LogP contribution in [0.5, 0.6) is 0 Å². The molecule has 40 heavy (non-hydrogen) atoms. The lowest BCUT2D eigenvalue weighted by molar-refractivity contribution is -0.130. The van der Waals surface area contributed by atoms with Crippen molar-refractivity contribution >= 4 is 28.9 Å². The van der Waals surface area contributed by atoms with E-state index in [9.17, 15) is 19.5 Å². The summed E-state index contributed by atoms with van der Waals surface area (Å²) in [4.78, 5) is 41.0. The van der Waals surface area contributed by atoms with E-state index in [1.165, 1.54) is 16.9 Å². The van der Waals surface area contributed by atoms with Crippen LogP contribution in [0.4, 0.5) is 4.79 Å². The van der Waals surface area contributed by atoms with Gasteiger partial charge in [-0.2, -0.15) is 0 Å². The minimum absolute atomic E-state index is 0.0587. The van der Waals surface area contributed by atoms with Crippen LogP contribution in [0.2, 0.25) is 0 Å². The van der Waals surface area contributed by atoms with Gasteiger partial charge in [-0.15, -0.1) is 0 Å². The number of hydrogen-bond acceptors (Lipinski definition) is 4. The zero-order chi connectivity index (χ0) is 29.0. The van der Waals surface area contributed by atoms with Crippen LogP contribution in [0.3, 0.4) is 0 Å². The number of likely N-dealkylation sites (N-methyl/N-ethyl adjacent to an activating group) is 2. The summed E-state index contributed by atoms with van der Waals surface area (Å²) in [6, 6.07) is 15.3. The molecule has 0 atom stereocenters. The molecular weight excluding hydrogens is 506 g/mol. The van der Waals surface area contributed by atoms with Gasteiger partial charge < -0.3 is 24.2 Å². The smallest absolute Gasteiger partial charge is 0.410 e. The third-order valence-corrected chi connectivity index (χ3v) is 7.61. The third kappa shape index (κ3) is 6.66. The average Bonchev–Trinajstić information content (AvgIpc) is 3.24. The van der Waals surface area contributed by atoms with Crippen molar-refractivity contribution in [2.75, 3.05) is 27.2 Å². The van der Waals surface area contributed by atoms with Crippen LogP contribution >= 0.6 is 0 Å². The number of aromatic nitrogens is 1. The van der Waals surface area contributed by atoms with Crippen LogP contribution in [0, 0.1) is 0 Å². The van der Waals surface area contributed by atoms with Gasteiger partial charge in [-0.1, -0.05) is 55.7 Å². The molecule has 2 amide bonds. The largest absolute Gasteiger partial charge is 0.478 e. The first kappa shape index (κ1) is 29.2. The van der Waals surface area contributed by atoms with Crippen LogP contribution in [0.15, 0.2) is 48.5 Å². The second kappa shape index (κ2) is 12.1. The monoisotopic (exact) mass is 547 g/mol. The van der Waals surface area contributed by atoms with Crippen molar-refractivity contribution in [1.29, 1.82) is 0 Å². The number of carboxylic acids is 1. The van der Waals surface area contributed by atoms with Gasteiger partial charge in [0.2, 0.25) is 5.91 Å². The Bertz CT molecular complexity index is 1370. The average molecular weight is 548 g/mol. The highest BCUT2D eigenvalue weighted by molar-refractivity contribution is 5.99. The highest BCUT2D eigenvalue weighted by Gasteiger charge is 2.28. The molecule has 3 aromatic rings. The number of ether oxygens (including phenoxy) is 1. The molecule has 0 saturated heterocycles. The summed E-state index contributed by atoms with van der Waals surface area (Å²) in [7, 11) is 3.38. The fourth-order valence-electron chi connectivity index (χ4n) is 5.50. The number of carbonyl (C=O) groups is 3. The molecule has 0 spiro atoms. The Morgan fingerprint density at radius 1 is 0.950 bits per heavy atom. The highest BCUT2D eigenvalue weighted by Crippen LogP contribution is 2.44. The first-order valence-electron chi connectivity index (χ1n) is 14.1. The zero-order valence-electron chi connectivity index (χ0n) is 24.3. The van der Waals surface area contributed by atoms with Crippen molar-refractivity contribution in [3.63, 3.8) is 0 Å². The first-order chi connectivity index (χ1) is 19.0. The first-order valence-corrected chi connectivity index (χ1v) is 14.1. The van der Waals surface area contributed by atoms with Gasteiger partial charge in [-0.25, -0.2) is 9.59 Å². The van der Waals surface area contributed by atoms with Crippen LogP contribution in [0.1, 0.15) is 74.7 Å². The van der Waals surface area contributed by atoms with Crippen molar-refractivity contribution < 1.29 is 24.2 Å². The molecule has 8 heteroatoms. The van der Waals surface area contributed by atoms with Gasteiger partial charge in [0, 0.05) is 32.6 Å². The second-order valence-corrected chi connectivity index (χ2v) is 11.8. The van der Waals surface area contributed by atoms with Crippen LogP contribution in [0.25, 0.3) is 22.2 Å². The molecular formula is C32H41N3O5. The number of carbonyl (C=O) groups excluding carboxylic acids is 2. The molecule has 0 aliphatic heterocycles. The predicted octanol–water partition coefficient (Wildman–Crippen LogP) is 6.38. The molecule has 1 saturated carbocycles. The van der Waals surface area contributed by atoms with E-state index in [1.807, 2.05) is 49.6 Å². The Kier molecular flexibility index (Phi) is 8.86. The maximum atomic E-state index is 13.6. The molecule has 1 heterocycles. The number of amides is 2. The van der Waals surface area contributed by atoms with Crippen molar-refractivity contribution in [1.82, 2.24) is 14.4 Å². The predicted molar refractivity (Wildman–Crippen MR) is 157 cm³/mol. The molecule has 1 N–H and O–H groups in total. The number of carboxylic acid groups (broad SMARTS) is 1. The molecule has 0 unspecified atom stereocenters. The molecule has 1 aromatic heterocycles. The van der Waals surface area contributed by atoms with Crippen molar-refractivity contribution in [3.8, 4) is 11.3 Å². The summed E-state index contributed by atoms with van der Waals surface area (Å²) < 4.78 is 7.42. The molecule has 214 valence electrons. The summed E-state index contributed by atoms with van der Waals surface area (Å²) in [5.41, 5.74) is 3.56. The summed E-state index contributed by atoms with van der Waals surface area (Å²) in [6.45, 7) is 6.17. The number of hydrogen-bond donors (Lipinski definition) is 1. The van der Waals surface area contributed by atoms with Crippen LogP contribution in [-0.2, 0) is 16.1 Å². The maximum absolute atomic E-state index is 13.6. The fourth-order valence-corrected chi connectivity index (χ4v) is 5.50. The minimum Gasteiger partial charge on any atom is -0.478 e. The number of rotatable bonds is 8. The van der Waals surface area contributed by atoms with E-state index in [-0.39, 0.29) is 18.0 Å². The Balaban J connectivity index is 1.70. The Labute approximate surface area is 236 Å². The zero-order valence-corrected chi connectivity index (χ0v) is 24.3. The fraction of sp³-hybridized carbons (Fsp3) is 0.469.